The number of carbonyl (C=O) groups is 1. The van der Waals surface area contributed by atoms with Gasteiger partial charge in [0.05, 0.1) is 7.11 Å². The zero-order chi connectivity index (χ0) is 7.28. The molecule has 0 aliphatic heterocycles. The van der Waals surface area contributed by atoms with Crippen LogP contribution < -0.4 is 0 Å². The predicted octanol–water partition coefficient (Wildman–Crippen LogP) is 1.38. The second-order valence-electron chi connectivity index (χ2n) is 1.50. The van der Waals surface area contributed by atoms with Gasteiger partial charge in [-0.25, -0.2) is 4.79 Å². The first-order chi connectivity index (χ1) is 4.26. The minimum absolute atomic E-state index is 0.299. The first-order valence-corrected chi connectivity index (χ1v) is 3.19. The number of thiol groups is 1. The molecule has 0 atom stereocenters. The molecule has 0 saturated carbocycles. The van der Waals surface area contributed by atoms with E-state index in [0.29, 0.717) is 12.0 Å². The summed E-state index contributed by atoms with van der Waals surface area (Å²) in [4.78, 5) is 10.6. The van der Waals surface area contributed by atoms with Gasteiger partial charge in [0.25, 0.3) is 0 Å². The van der Waals surface area contributed by atoms with Crippen LogP contribution in [-0.4, -0.2) is 13.1 Å². The van der Waals surface area contributed by atoms with Crippen molar-refractivity contribution in [3.05, 3.63) is 11.0 Å². The highest BCUT2D eigenvalue weighted by atomic mass is 32.1. The largest absolute Gasteiger partial charge is 0.466 e. The molecule has 52 valence electrons. The smallest absolute Gasteiger partial charge is 0.334 e. The van der Waals surface area contributed by atoms with Crippen molar-refractivity contribution < 1.29 is 9.53 Å². The van der Waals surface area contributed by atoms with E-state index in [9.17, 15) is 4.79 Å². The zero-order valence-electron chi connectivity index (χ0n) is 5.55. The van der Waals surface area contributed by atoms with Gasteiger partial charge >= 0.3 is 5.97 Å². The molecule has 2 nitrogen and oxygen atoms in total. The fourth-order valence-electron chi connectivity index (χ4n) is 0.419. The van der Waals surface area contributed by atoms with Crippen molar-refractivity contribution in [2.24, 2.45) is 0 Å². The summed E-state index contributed by atoms with van der Waals surface area (Å²) in [6.07, 6.45) is 0.663. The van der Waals surface area contributed by atoms with E-state index in [1.807, 2.05) is 6.92 Å². The number of ether oxygens (including phenoxy) is 1. The van der Waals surface area contributed by atoms with Crippen LogP contribution in [0.5, 0.6) is 0 Å². The van der Waals surface area contributed by atoms with Gasteiger partial charge in [0.2, 0.25) is 0 Å². The van der Waals surface area contributed by atoms with Gasteiger partial charge in [-0.05, 0) is 11.8 Å². The Morgan fingerprint density at radius 2 is 2.33 bits per heavy atom. The van der Waals surface area contributed by atoms with Crippen LogP contribution in [0.3, 0.4) is 0 Å². The second kappa shape index (κ2) is 4.44. The number of methoxy groups -OCH3 is 1. The van der Waals surface area contributed by atoms with Gasteiger partial charge in [0.1, 0.15) is 0 Å². The molecule has 3 heteroatoms. The van der Waals surface area contributed by atoms with Crippen LogP contribution in [0.1, 0.15) is 13.3 Å². The molecule has 0 aromatic carbocycles. The quantitative estimate of drug-likeness (QED) is 0.362. The zero-order valence-corrected chi connectivity index (χ0v) is 6.44. The summed E-state index contributed by atoms with van der Waals surface area (Å²) < 4.78 is 4.44. The molecular formula is C6H10O2S. The summed E-state index contributed by atoms with van der Waals surface area (Å²) in [5.74, 6) is -0.299. The van der Waals surface area contributed by atoms with E-state index in [1.54, 1.807) is 0 Å². The van der Waals surface area contributed by atoms with Crippen LogP contribution >= 0.6 is 12.6 Å². The first kappa shape index (κ1) is 8.56. The highest BCUT2D eigenvalue weighted by Crippen LogP contribution is 2.03. The molecule has 0 amide bonds. The summed E-state index contributed by atoms with van der Waals surface area (Å²) in [5.41, 5.74) is 0.598. The number of esters is 1. The van der Waals surface area contributed by atoms with Crippen molar-refractivity contribution in [2.75, 3.05) is 7.11 Å². The molecule has 0 rings (SSSR count). The van der Waals surface area contributed by atoms with Crippen molar-refractivity contribution in [3.63, 3.8) is 0 Å². The Balaban J connectivity index is 3.97. The monoisotopic (exact) mass is 146 g/mol. The number of rotatable bonds is 2. The van der Waals surface area contributed by atoms with Crippen LogP contribution in [0.15, 0.2) is 11.0 Å². The molecule has 0 spiro atoms. The maximum absolute atomic E-state index is 10.6. The third-order valence-electron chi connectivity index (χ3n) is 0.984. The van der Waals surface area contributed by atoms with Crippen molar-refractivity contribution in [1.29, 1.82) is 0 Å². The van der Waals surface area contributed by atoms with Crippen molar-refractivity contribution >= 4 is 18.6 Å². The predicted molar refractivity (Wildman–Crippen MR) is 39.4 cm³/mol. The van der Waals surface area contributed by atoms with Crippen molar-refractivity contribution in [1.82, 2.24) is 0 Å². The van der Waals surface area contributed by atoms with Crippen LogP contribution in [0, 0.1) is 0 Å². The maximum Gasteiger partial charge on any atom is 0.334 e. The average molecular weight is 146 g/mol. The normalized spacial score (nSPS) is 11.2. The molecule has 0 N–H and O–H groups in total. The highest BCUT2D eigenvalue weighted by Gasteiger charge is 2.03. The lowest BCUT2D eigenvalue weighted by Crippen LogP contribution is -2.02. The van der Waals surface area contributed by atoms with E-state index in [2.05, 4.69) is 17.4 Å². The molecule has 0 fully saturated rings. The number of carbonyl (C=O) groups excluding carboxylic acids is 1. The molecule has 0 aromatic rings. The summed E-state index contributed by atoms with van der Waals surface area (Å²) in [6, 6.07) is 0. The van der Waals surface area contributed by atoms with Gasteiger partial charge in [-0.3, -0.25) is 0 Å². The van der Waals surface area contributed by atoms with Crippen LogP contribution in [0.25, 0.3) is 0 Å². The van der Waals surface area contributed by atoms with Gasteiger partial charge in [0, 0.05) is 5.57 Å². The Kier molecular flexibility index (Phi) is 4.22. The molecule has 0 unspecified atom stereocenters. The van der Waals surface area contributed by atoms with Crippen molar-refractivity contribution in [2.45, 2.75) is 13.3 Å². The topological polar surface area (TPSA) is 26.3 Å². The lowest BCUT2D eigenvalue weighted by molar-refractivity contribution is -0.136. The average Bonchev–Trinajstić information content (AvgIpc) is 1.90. The van der Waals surface area contributed by atoms with Gasteiger partial charge in [-0.1, -0.05) is 6.92 Å². The van der Waals surface area contributed by atoms with Gasteiger partial charge in [-0.15, -0.1) is 0 Å². The van der Waals surface area contributed by atoms with E-state index in [0.717, 1.165) is 0 Å². The molecule has 0 heterocycles. The standard InChI is InChI=1S/C6H10O2S/c1-3-5(4-9)6(7)8-2/h4,9H,3H2,1-2H3. The SMILES string of the molecule is CCC(=CS)C(=O)OC. The third-order valence-corrected chi connectivity index (χ3v) is 1.30. The van der Waals surface area contributed by atoms with E-state index in [-0.39, 0.29) is 5.97 Å². The molecule has 0 radical (unpaired) electrons. The molecule has 0 aliphatic carbocycles. The van der Waals surface area contributed by atoms with Crippen molar-refractivity contribution in [3.8, 4) is 0 Å². The molecule has 0 bridgehead atoms. The number of hydrogen-bond acceptors (Lipinski definition) is 3. The molecule has 0 aromatic heterocycles. The lowest BCUT2D eigenvalue weighted by atomic mass is 10.2. The Hall–Kier alpha value is -0.440. The van der Waals surface area contributed by atoms with E-state index in [1.165, 1.54) is 12.5 Å². The van der Waals surface area contributed by atoms with E-state index in [4.69, 9.17) is 0 Å². The summed E-state index contributed by atoms with van der Waals surface area (Å²) in [5, 5.41) is 1.46. The molecule has 9 heavy (non-hydrogen) atoms. The van der Waals surface area contributed by atoms with E-state index < -0.39 is 0 Å². The minimum Gasteiger partial charge on any atom is -0.466 e. The molecule has 0 saturated heterocycles. The van der Waals surface area contributed by atoms with Gasteiger partial charge in [0.15, 0.2) is 0 Å². The maximum atomic E-state index is 10.6. The minimum atomic E-state index is -0.299. The fourth-order valence-corrected chi connectivity index (χ4v) is 0.707. The summed E-state index contributed by atoms with van der Waals surface area (Å²) in [7, 11) is 1.36. The molecular weight excluding hydrogens is 136 g/mol. The Labute approximate surface area is 60.3 Å². The van der Waals surface area contributed by atoms with Crippen LogP contribution in [0.2, 0.25) is 0 Å². The Bertz CT molecular complexity index is 129. The summed E-state index contributed by atoms with van der Waals surface area (Å²) in [6.45, 7) is 1.87. The van der Waals surface area contributed by atoms with E-state index >= 15 is 0 Å². The van der Waals surface area contributed by atoms with Gasteiger partial charge in [-0.2, -0.15) is 12.6 Å². The first-order valence-electron chi connectivity index (χ1n) is 2.67. The van der Waals surface area contributed by atoms with Crippen LogP contribution in [0.4, 0.5) is 0 Å². The number of hydrogen-bond donors (Lipinski definition) is 1. The van der Waals surface area contributed by atoms with Crippen LogP contribution in [-0.2, 0) is 9.53 Å². The lowest BCUT2D eigenvalue weighted by Gasteiger charge is -1.97. The Morgan fingerprint density at radius 3 is 2.44 bits per heavy atom. The second-order valence-corrected chi connectivity index (χ2v) is 1.76. The summed E-state index contributed by atoms with van der Waals surface area (Å²) >= 11 is 3.83. The fraction of sp³-hybridized carbons (Fsp3) is 0.500. The van der Waals surface area contributed by atoms with Gasteiger partial charge < -0.3 is 4.74 Å². The third kappa shape index (κ3) is 2.56. The Morgan fingerprint density at radius 1 is 1.78 bits per heavy atom. The highest BCUT2D eigenvalue weighted by molar-refractivity contribution is 7.83. The molecule has 0 aliphatic rings.